The number of benzene rings is 2. The Labute approximate surface area is 181 Å². The van der Waals surface area contributed by atoms with E-state index in [9.17, 15) is 17.1 Å². The number of hydrogen-bond acceptors (Lipinski definition) is 5. The van der Waals surface area contributed by atoms with Gasteiger partial charge in [0.25, 0.3) is 5.56 Å². The van der Waals surface area contributed by atoms with Crippen LogP contribution >= 0.6 is 0 Å². The highest BCUT2D eigenvalue weighted by Gasteiger charge is 2.14. The van der Waals surface area contributed by atoms with E-state index >= 15 is 0 Å². The molecule has 0 saturated heterocycles. The molecule has 8 nitrogen and oxygen atoms in total. The molecule has 160 valence electrons. The van der Waals surface area contributed by atoms with Gasteiger partial charge in [0.2, 0.25) is 0 Å². The van der Waals surface area contributed by atoms with Gasteiger partial charge in [0.05, 0.1) is 28.1 Å². The minimum atomic E-state index is -4.97. The maximum absolute atomic E-state index is 13.3. The zero-order chi connectivity index (χ0) is 22.5. The summed E-state index contributed by atoms with van der Waals surface area (Å²) in [6.45, 7) is 1.64. The van der Waals surface area contributed by atoms with Gasteiger partial charge >= 0.3 is 10.4 Å². The van der Waals surface area contributed by atoms with E-state index in [0.29, 0.717) is 33.1 Å². The third-order valence-corrected chi connectivity index (χ3v) is 5.64. The molecule has 3 aromatic heterocycles. The molecule has 0 radical (unpaired) electrons. The fourth-order valence-corrected chi connectivity index (χ4v) is 4.19. The standard InChI is InChI=1S/C22H16FN5O3S/c1-14-3-5-17(12-20(14)26-32(23,30)31)28-21(29)8-4-15-13-24-19-7-6-16(11-18(19)22(15)28)27-10-2-9-25-27/h2-13,26H,1H3. The highest BCUT2D eigenvalue weighted by molar-refractivity contribution is 7.87. The van der Waals surface area contributed by atoms with Gasteiger partial charge in [0.15, 0.2) is 0 Å². The van der Waals surface area contributed by atoms with E-state index in [1.807, 2.05) is 29.1 Å². The van der Waals surface area contributed by atoms with Crippen molar-refractivity contribution in [2.75, 3.05) is 4.72 Å². The largest absolute Gasteiger partial charge is 0.396 e. The predicted molar refractivity (Wildman–Crippen MR) is 120 cm³/mol. The number of nitrogens with one attached hydrogen (secondary N) is 1. The van der Waals surface area contributed by atoms with E-state index in [2.05, 4.69) is 10.1 Å². The molecule has 0 fully saturated rings. The predicted octanol–water partition coefficient (Wildman–Crippen LogP) is 3.66. The van der Waals surface area contributed by atoms with Gasteiger partial charge in [-0.3, -0.25) is 19.1 Å². The molecule has 5 rings (SSSR count). The Kier molecular flexibility index (Phi) is 4.52. The molecule has 0 atom stereocenters. The maximum atomic E-state index is 13.3. The first-order valence-electron chi connectivity index (χ1n) is 9.58. The normalized spacial score (nSPS) is 11.8. The second kappa shape index (κ2) is 7.27. The van der Waals surface area contributed by atoms with E-state index < -0.39 is 10.4 Å². The Morgan fingerprint density at radius 2 is 1.84 bits per heavy atom. The van der Waals surface area contributed by atoms with Crippen LogP contribution in [0.4, 0.5) is 9.57 Å². The summed E-state index contributed by atoms with van der Waals surface area (Å²) in [5.41, 5.74) is 2.66. The quantitative estimate of drug-likeness (QED) is 0.334. The van der Waals surface area contributed by atoms with Crippen molar-refractivity contribution < 1.29 is 12.3 Å². The van der Waals surface area contributed by atoms with Gasteiger partial charge in [-0.05, 0) is 55.0 Å². The minimum Gasteiger partial charge on any atom is -0.276 e. The Balaban J connectivity index is 1.83. The number of hydrogen-bond donors (Lipinski definition) is 1. The third kappa shape index (κ3) is 3.50. The molecule has 2 aromatic carbocycles. The van der Waals surface area contributed by atoms with E-state index in [4.69, 9.17) is 0 Å². The number of nitrogens with zero attached hydrogens (tertiary/aromatic N) is 4. The number of rotatable bonds is 4. The monoisotopic (exact) mass is 449 g/mol. The van der Waals surface area contributed by atoms with Gasteiger partial charge in [0, 0.05) is 35.4 Å². The Bertz CT molecular complexity index is 1660. The fraction of sp³-hybridized carbons (Fsp3) is 0.0455. The van der Waals surface area contributed by atoms with Gasteiger partial charge in [-0.1, -0.05) is 9.95 Å². The molecule has 0 unspecified atom stereocenters. The van der Waals surface area contributed by atoms with Crippen LogP contribution in [0.15, 0.2) is 78.0 Å². The number of fused-ring (bicyclic) bond motifs is 3. The molecule has 0 amide bonds. The van der Waals surface area contributed by atoms with Crippen molar-refractivity contribution in [3.63, 3.8) is 0 Å². The van der Waals surface area contributed by atoms with Crippen molar-refractivity contribution in [3.8, 4) is 11.4 Å². The van der Waals surface area contributed by atoms with Crippen LogP contribution in [-0.4, -0.2) is 27.7 Å². The zero-order valence-corrected chi connectivity index (χ0v) is 17.5. The topological polar surface area (TPSA) is 98.9 Å². The molecule has 0 aliphatic heterocycles. The van der Waals surface area contributed by atoms with Crippen LogP contribution in [0, 0.1) is 6.92 Å². The lowest BCUT2D eigenvalue weighted by molar-refractivity contribution is 0.558. The summed E-state index contributed by atoms with van der Waals surface area (Å²) in [6, 6.07) is 15.2. The van der Waals surface area contributed by atoms with Crippen molar-refractivity contribution in [2.24, 2.45) is 0 Å². The Morgan fingerprint density at radius 3 is 2.59 bits per heavy atom. The van der Waals surface area contributed by atoms with Gasteiger partial charge < -0.3 is 0 Å². The molecule has 32 heavy (non-hydrogen) atoms. The molecule has 0 aliphatic rings. The van der Waals surface area contributed by atoms with Crippen LogP contribution in [0.25, 0.3) is 33.2 Å². The van der Waals surface area contributed by atoms with E-state index in [1.54, 1.807) is 48.3 Å². The second-order valence-electron chi connectivity index (χ2n) is 7.26. The molecule has 0 spiro atoms. The lowest BCUT2D eigenvalue weighted by Gasteiger charge is -2.15. The number of pyridine rings is 2. The fourth-order valence-electron chi connectivity index (χ4n) is 3.71. The van der Waals surface area contributed by atoms with Gasteiger partial charge in [-0.2, -0.15) is 13.5 Å². The molecule has 1 N–H and O–H groups in total. The maximum Gasteiger partial charge on any atom is 0.396 e. The van der Waals surface area contributed by atoms with Crippen LogP contribution in [0.2, 0.25) is 0 Å². The van der Waals surface area contributed by atoms with Gasteiger partial charge in [-0.15, -0.1) is 0 Å². The van der Waals surface area contributed by atoms with Crippen molar-refractivity contribution in [1.82, 2.24) is 19.3 Å². The Hall–Kier alpha value is -4.05. The first-order valence-corrected chi connectivity index (χ1v) is 11.0. The Morgan fingerprint density at radius 1 is 1.03 bits per heavy atom. The molecule has 10 heteroatoms. The summed E-state index contributed by atoms with van der Waals surface area (Å²) in [4.78, 5) is 17.5. The molecule has 0 bridgehead atoms. The lowest BCUT2D eigenvalue weighted by atomic mass is 10.1. The molecular formula is C22H16FN5O3S. The first kappa shape index (κ1) is 19.9. The molecular weight excluding hydrogens is 433 g/mol. The van der Waals surface area contributed by atoms with Crippen LogP contribution < -0.4 is 10.3 Å². The average molecular weight is 449 g/mol. The average Bonchev–Trinajstić information content (AvgIpc) is 3.29. The molecule has 5 aromatic rings. The van der Waals surface area contributed by atoms with Crippen LogP contribution in [0.3, 0.4) is 0 Å². The smallest absolute Gasteiger partial charge is 0.276 e. The number of halogens is 1. The SMILES string of the molecule is Cc1ccc(-n2c(=O)ccc3cnc4ccc(-n5cccn5)cc4c32)cc1NS(=O)(=O)F. The first-order chi connectivity index (χ1) is 15.3. The van der Waals surface area contributed by atoms with E-state index in [1.165, 1.54) is 16.7 Å². The molecule has 0 saturated carbocycles. The summed E-state index contributed by atoms with van der Waals surface area (Å²) in [5.74, 6) is 0. The van der Waals surface area contributed by atoms with Crippen molar-refractivity contribution >= 4 is 37.9 Å². The molecule has 0 aliphatic carbocycles. The highest BCUT2D eigenvalue weighted by Crippen LogP contribution is 2.28. The van der Waals surface area contributed by atoms with Crippen molar-refractivity contribution in [3.05, 3.63) is 89.1 Å². The summed E-state index contributed by atoms with van der Waals surface area (Å²) in [7, 11) is -4.97. The van der Waals surface area contributed by atoms with E-state index in [0.717, 1.165) is 5.69 Å². The van der Waals surface area contributed by atoms with Crippen LogP contribution in [0.1, 0.15) is 5.56 Å². The van der Waals surface area contributed by atoms with Crippen molar-refractivity contribution in [1.29, 1.82) is 0 Å². The van der Waals surface area contributed by atoms with Gasteiger partial charge in [-0.25, -0.2) is 4.68 Å². The minimum absolute atomic E-state index is 0.0458. The molecule has 3 heterocycles. The van der Waals surface area contributed by atoms with Crippen molar-refractivity contribution in [2.45, 2.75) is 6.92 Å². The lowest BCUT2D eigenvalue weighted by Crippen LogP contribution is -2.18. The summed E-state index contributed by atoms with van der Waals surface area (Å²) in [6.07, 6.45) is 5.14. The van der Waals surface area contributed by atoms with Gasteiger partial charge in [0.1, 0.15) is 0 Å². The second-order valence-corrected chi connectivity index (χ2v) is 8.34. The van der Waals surface area contributed by atoms with Crippen LogP contribution in [0.5, 0.6) is 0 Å². The number of anilines is 1. The summed E-state index contributed by atoms with van der Waals surface area (Å²) < 4.78 is 40.6. The summed E-state index contributed by atoms with van der Waals surface area (Å²) >= 11 is 0. The third-order valence-electron chi connectivity index (χ3n) is 5.18. The zero-order valence-electron chi connectivity index (χ0n) is 16.7. The highest BCUT2D eigenvalue weighted by atomic mass is 32.3. The van der Waals surface area contributed by atoms with E-state index in [-0.39, 0.29) is 11.2 Å². The number of aryl methyl sites for hydroxylation is 1. The summed E-state index contributed by atoms with van der Waals surface area (Å²) in [5, 5.41) is 5.67. The number of aromatic nitrogens is 4. The van der Waals surface area contributed by atoms with Crippen LogP contribution in [-0.2, 0) is 10.4 Å².